The SMILES string of the molecule is O=C(CCCOc1ccccc1)NC(CC1CC1)C(=O)O. The zero-order chi connectivity index (χ0) is 15.1. The monoisotopic (exact) mass is 291 g/mol. The first kappa shape index (κ1) is 15.4. The summed E-state index contributed by atoms with van der Waals surface area (Å²) in [7, 11) is 0. The summed E-state index contributed by atoms with van der Waals surface area (Å²) >= 11 is 0. The Morgan fingerprint density at radius 2 is 2.00 bits per heavy atom. The van der Waals surface area contributed by atoms with Crippen LogP contribution in [0, 0.1) is 5.92 Å². The molecule has 1 amide bonds. The van der Waals surface area contributed by atoms with Gasteiger partial charge in [0.1, 0.15) is 11.8 Å². The number of benzene rings is 1. The number of rotatable bonds is 9. The lowest BCUT2D eigenvalue weighted by Gasteiger charge is -2.14. The Kier molecular flexibility index (Phi) is 5.60. The number of amides is 1. The largest absolute Gasteiger partial charge is 0.494 e. The molecule has 0 aromatic heterocycles. The van der Waals surface area contributed by atoms with Gasteiger partial charge in [-0.05, 0) is 30.9 Å². The molecule has 1 saturated carbocycles. The van der Waals surface area contributed by atoms with Gasteiger partial charge >= 0.3 is 5.97 Å². The van der Waals surface area contributed by atoms with E-state index in [-0.39, 0.29) is 12.3 Å². The van der Waals surface area contributed by atoms with Crippen LogP contribution in [0.2, 0.25) is 0 Å². The van der Waals surface area contributed by atoms with Crippen LogP contribution in [0.15, 0.2) is 30.3 Å². The number of hydrogen-bond donors (Lipinski definition) is 2. The first-order chi connectivity index (χ1) is 10.1. The van der Waals surface area contributed by atoms with E-state index in [2.05, 4.69) is 5.32 Å². The third-order valence-corrected chi connectivity index (χ3v) is 3.46. The molecule has 1 aromatic rings. The van der Waals surface area contributed by atoms with E-state index >= 15 is 0 Å². The van der Waals surface area contributed by atoms with E-state index in [0.717, 1.165) is 18.6 Å². The Labute approximate surface area is 124 Å². The molecular weight excluding hydrogens is 270 g/mol. The van der Waals surface area contributed by atoms with Crippen molar-refractivity contribution in [3.8, 4) is 5.75 Å². The predicted octanol–water partition coefficient (Wildman–Crippen LogP) is 2.22. The summed E-state index contributed by atoms with van der Waals surface area (Å²) in [6, 6.07) is 8.65. The summed E-state index contributed by atoms with van der Waals surface area (Å²) in [5.41, 5.74) is 0. The number of nitrogens with one attached hydrogen (secondary N) is 1. The van der Waals surface area contributed by atoms with Gasteiger partial charge in [-0.1, -0.05) is 31.0 Å². The van der Waals surface area contributed by atoms with E-state index in [4.69, 9.17) is 9.84 Å². The van der Waals surface area contributed by atoms with E-state index in [1.165, 1.54) is 0 Å². The van der Waals surface area contributed by atoms with E-state index < -0.39 is 12.0 Å². The maximum absolute atomic E-state index is 11.7. The number of carboxylic acid groups (broad SMARTS) is 1. The Morgan fingerprint density at radius 3 is 2.62 bits per heavy atom. The Morgan fingerprint density at radius 1 is 1.29 bits per heavy atom. The fraction of sp³-hybridized carbons (Fsp3) is 0.500. The second kappa shape index (κ2) is 7.67. The fourth-order valence-corrected chi connectivity index (χ4v) is 2.11. The number of carboxylic acids is 1. The molecule has 114 valence electrons. The van der Waals surface area contributed by atoms with Gasteiger partial charge in [-0.25, -0.2) is 4.79 Å². The lowest BCUT2D eigenvalue weighted by Crippen LogP contribution is -2.41. The molecule has 2 rings (SSSR count). The van der Waals surface area contributed by atoms with Gasteiger partial charge in [0.25, 0.3) is 0 Å². The number of para-hydroxylation sites is 1. The van der Waals surface area contributed by atoms with Crippen LogP contribution in [-0.2, 0) is 9.59 Å². The third kappa shape index (κ3) is 5.85. The van der Waals surface area contributed by atoms with Crippen molar-refractivity contribution in [1.82, 2.24) is 5.32 Å². The quantitative estimate of drug-likeness (QED) is 0.684. The molecular formula is C16H21NO4. The van der Waals surface area contributed by atoms with E-state index in [1.807, 2.05) is 30.3 Å². The second-order valence-corrected chi connectivity index (χ2v) is 5.40. The fourth-order valence-electron chi connectivity index (χ4n) is 2.11. The number of carbonyl (C=O) groups is 2. The Balaban J connectivity index is 1.63. The average molecular weight is 291 g/mol. The molecule has 0 spiro atoms. The van der Waals surface area contributed by atoms with Gasteiger partial charge in [0.2, 0.25) is 5.91 Å². The van der Waals surface area contributed by atoms with Gasteiger partial charge in [-0.3, -0.25) is 4.79 Å². The van der Waals surface area contributed by atoms with Gasteiger partial charge in [0, 0.05) is 6.42 Å². The van der Waals surface area contributed by atoms with Crippen LogP contribution in [0.25, 0.3) is 0 Å². The summed E-state index contributed by atoms with van der Waals surface area (Å²) < 4.78 is 5.49. The molecule has 0 saturated heterocycles. The van der Waals surface area contributed by atoms with E-state index in [1.54, 1.807) is 0 Å². The maximum Gasteiger partial charge on any atom is 0.326 e. The molecule has 1 atom stereocenters. The molecule has 0 radical (unpaired) electrons. The first-order valence-electron chi connectivity index (χ1n) is 7.35. The summed E-state index contributed by atoms with van der Waals surface area (Å²) in [6.45, 7) is 0.442. The molecule has 5 heteroatoms. The molecule has 0 heterocycles. The molecule has 1 fully saturated rings. The highest BCUT2D eigenvalue weighted by Crippen LogP contribution is 2.33. The van der Waals surface area contributed by atoms with E-state index in [9.17, 15) is 9.59 Å². The lowest BCUT2D eigenvalue weighted by molar-refractivity contribution is -0.142. The van der Waals surface area contributed by atoms with Crippen molar-refractivity contribution in [3.63, 3.8) is 0 Å². The number of hydrogen-bond acceptors (Lipinski definition) is 3. The molecule has 1 aliphatic rings. The minimum Gasteiger partial charge on any atom is -0.494 e. The standard InChI is InChI=1S/C16H21NO4/c18-15(17-14(16(19)20)11-12-8-9-12)7-4-10-21-13-5-2-1-3-6-13/h1-3,5-6,12,14H,4,7-11H2,(H,17,18)(H,19,20). The van der Waals surface area contributed by atoms with Crippen LogP contribution in [0.3, 0.4) is 0 Å². The average Bonchev–Trinajstić information content (AvgIpc) is 3.28. The molecule has 0 bridgehead atoms. The Hall–Kier alpha value is -2.04. The summed E-state index contributed by atoms with van der Waals surface area (Å²) in [6.07, 6.45) is 3.54. The number of ether oxygens (including phenoxy) is 1. The smallest absolute Gasteiger partial charge is 0.326 e. The normalized spacial score (nSPS) is 15.2. The van der Waals surface area contributed by atoms with Crippen LogP contribution in [0.4, 0.5) is 0 Å². The minimum atomic E-state index is -0.948. The van der Waals surface area contributed by atoms with Crippen LogP contribution >= 0.6 is 0 Å². The van der Waals surface area contributed by atoms with Crippen molar-refractivity contribution in [1.29, 1.82) is 0 Å². The van der Waals surface area contributed by atoms with Gasteiger partial charge in [0.05, 0.1) is 6.61 Å². The third-order valence-electron chi connectivity index (χ3n) is 3.46. The van der Waals surface area contributed by atoms with Crippen LogP contribution in [0.5, 0.6) is 5.75 Å². The predicted molar refractivity (Wildman–Crippen MR) is 78.1 cm³/mol. The van der Waals surface area contributed by atoms with Crippen molar-refractivity contribution >= 4 is 11.9 Å². The van der Waals surface area contributed by atoms with E-state index in [0.29, 0.717) is 25.4 Å². The van der Waals surface area contributed by atoms with Gasteiger partial charge in [-0.15, -0.1) is 0 Å². The van der Waals surface area contributed by atoms with Gasteiger partial charge in [-0.2, -0.15) is 0 Å². The van der Waals surface area contributed by atoms with Crippen LogP contribution in [0.1, 0.15) is 32.1 Å². The van der Waals surface area contributed by atoms with Crippen molar-refractivity contribution in [3.05, 3.63) is 30.3 Å². The molecule has 0 aliphatic heterocycles. The highest BCUT2D eigenvalue weighted by atomic mass is 16.5. The first-order valence-corrected chi connectivity index (χ1v) is 7.35. The van der Waals surface area contributed by atoms with Crippen LogP contribution in [-0.4, -0.2) is 29.6 Å². The zero-order valence-electron chi connectivity index (χ0n) is 12.0. The topological polar surface area (TPSA) is 75.6 Å². The highest BCUT2D eigenvalue weighted by Gasteiger charge is 2.29. The van der Waals surface area contributed by atoms with Crippen molar-refractivity contribution in [2.45, 2.75) is 38.1 Å². The van der Waals surface area contributed by atoms with Crippen molar-refractivity contribution in [2.75, 3.05) is 6.61 Å². The second-order valence-electron chi connectivity index (χ2n) is 5.40. The van der Waals surface area contributed by atoms with Crippen molar-refractivity contribution in [2.24, 2.45) is 5.92 Å². The number of carbonyl (C=O) groups excluding carboxylic acids is 1. The molecule has 21 heavy (non-hydrogen) atoms. The number of aliphatic carboxylic acids is 1. The Bertz CT molecular complexity index is 470. The molecule has 1 aliphatic carbocycles. The lowest BCUT2D eigenvalue weighted by atomic mass is 10.1. The molecule has 1 unspecified atom stereocenters. The van der Waals surface area contributed by atoms with Crippen LogP contribution < -0.4 is 10.1 Å². The highest BCUT2D eigenvalue weighted by molar-refractivity contribution is 5.83. The van der Waals surface area contributed by atoms with Crippen molar-refractivity contribution < 1.29 is 19.4 Å². The zero-order valence-corrected chi connectivity index (χ0v) is 12.0. The molecule has 1 aromatic carbocycles. The van der Waals surface area contributed by atoms with Gasteiger partial charge < -0.3 is 15.2 Å². The molecule has 5 nitrogen and oxygen atoms in total. The maximum atomic E-state index is 11.7. The minimum absolute atomic E-state index is 0.222. The summed E-state index contributed by atoms with van der Waals surface area (Å²) in [5, 5.41) is 11.7. The summed E-state index contributed by atoms with van der Waals surface area (Å²) in [5.74, 6) is 0.0679. The summed E-state index contributed by atoms with van der Waals surface area (Å²) in [4.78, 5) is 22.8. The van der Waals surface area contributed by atoms with Gasteiger partial charge in [0.15, 0.2) is 0 Å². The molecule has 2 N–H and O–H groups in total.